The lowest BCUT2D eigenvalue weighted by Crippen LogP contribution is -2.56. The Morgan fingerprint density at radius 3 is 2.63 bits per heavy atom. The van der Waals surface area contributed by atoms with Crippen LogP contribution >= 0.6 is 0 Å². The maximum atomic E-state index is 14.8. The van der Waals surface area contributed by atoms with Gasteiger partial charge in [-0.3, -0.25) is 14.6 Å². The molecule has 0 aliphatic carbocycles. The Morgan fingerprint density at radius 1 is 1.12 bits per heavy atom. The number of amides is 1. The van der Waals surface area contributed by atoms with Crippen LogP contribution in [0.15, 0.2) is 36.5 Å². The number of carbonyl (C=O) groups is 1. The number of likely N-dealkylation sites (N-methyl/N-ethyl adjacent to an activating group) is 1. The van der Waals surface area contributed by atoms with E-state index in [4.69, 9.17) is 14.2 Å². The highest BCUT2D eigenvalue weighted by Gasteiger charge is 2.31. The van der Waals surface area contributed by atoms with Crippen LogP contribution in [0.25, 0.3) is 11.3 Å². The molecule has 2 fully saturated rings. The number of carbonyl (C=O) groups excluding carboxylic acids is 1. The Balaban J connectivity index is 1.30. The van der Waals surface area contributed by atoms with Crippen LogP contribution in [0, 0.1) is 11.6 Å². The summed E-state index contributed by atoms with van der Waals surface area (Å²) in [5.74, 6) is -0.317. The molecule has 0 unspecified atom stereocenters. The molecule has 0 spiro atoms. The maximum absolute atomic E-state index is 14.8. The number of benzene rings is 2. The van der Waals surface area contributed by atoms with Crippen molar-refractivity contribution in [2.45, 2.75) is 19.5 Å². The molecule has 3 aromatic rings. The molecule has 1 aromatic heterocycles. The fourth-order valence-corrected chi connectivity index (χ4v) is 5.49. The zero-order valence-corrected chi connectivity index (χ0v) is 23.0. The minimum Gasteiger partial charge on any atom is -0.496 e. The molecule has 0 radical (unpaired) electrons. The van der Waals surface area contributed by atoms with Crippen LogP contribution in [0.3, 0.4) is 0 Å². The molecule has 2 aromatic carbocycles. The van der Waals surface area contributed by atoms with Crippen LogP contribution in [0.2, 0.25) is 0 Å². The number of nitrogens with one attached hydrogen (secondary N) is 1. The van der Waals surface area contributed by atoms with Gasteiger partial charge in [0.1, 0.15) is 23.0 Å². The molecule has 41 heavy (non-hydrogen) atoms. The lowest BCUT2D eigenvalue weighted by atomic mass is 10.1. The standard InChI is InChI=1S/C29H32F2N6O4/c1-3-37-24-12-20(33-29-32-13-23(31)27(34-29)22-5-4-19(30)11-25(22)39-2)10-18(28(24)41-17-26(37)38)14-35-6-8-36(9-7-35)21-15-40-16-21/h4-5,10-13,21H,3,6-9,14-17H2,1-2H3,(H,32,33,34). The van der Waals surface area contributed by atoms with E-state index >= 15 is 0 Å². The number of fused-ring (bicyclic) bond motifs is 1. The van der Waals surface area contributed by atoms with E-state index in [1.54, 1.807) is 4.90 Å². The number of hydrogen-bond acceptors (Lipinski definition) is 9. The Labute approximate surface area is 236 Å². The summed E-state index contributed by atoms with van der Waals surface area (Å²) in [6.07, 6.45) is 1.06. The van der Waals surface area contributed by atoms with Crippen molar-refractivity contribution < 1.29 is 27.8 Å². The van der Waals surface area contributed by atoms with Gasteiger partial charge in [-0.05, 0) is 31.2 Å². The number of methoxy groups -OCH3 is 1. The van der Waals surface area contributed by atoms with E-state index < -0.39 is 11.6 Å². The summed E-state index contributed by atoms with van der Waals surface area (Å²) in [5.41, 5.74) is 2.49. The zero-order chi connectivity index (χ0) is 28.5. The van der Waals surface area contributed by atoms with E-state index in [0.717, 1.165) is 51.2 Å². The number of hydrogen-bond donors (Lipinski definition) is 1. The summed E-state index contributed by atoms with van der Waals surface area (Å²) in [6.45, 7) is 8.38. The number of piperazine rings is 1. The first-order chi connectivity index (χ1) is 19.9. The highest BCUT2D eigenvalue weighted by atomic mass is 19.1. The van der Waals surface area contributed by atoms with Gasteiger partial charge in [0.25, 0.3) is 5.91 Å². The van der Waals surface area contributed by atoms with Gasteiger partial charge in [0, 0.05) is 62.1 Å². The molecule has 2 saturated heterocycles. The van der Waals surface area contributed by atoms with Crippen LogP contribution in [0.1, 0.15) is 12.5 Å². The second kappa shape index (κ2) is 11.6. The number of anilines is 3. The molecular weight excluding hydrogens is 534 g/mol. The molecule has 0 saturated carbocycles. The number of ether oxygens (including phenoxy) is 3. The minimum absolute atomic E-state index is 0.0139. The van der Waals surface area contributed by atoms with Crippen LogP contribution in [-0.2, 0) is 16.1 Å². The molecule has 10 nitrogen and oxygen atoms in total. The molecule has 3 aliphatic heterocycles. The summed E-state index contributed by atoms with van der Waals surface area (Å²) >= 11 is 0. The summed E-state index contributed by atoms with van der Waals surface area (Å²) in [5, 5.41) is 3.18. The Hall–Kier alpha value is -3.87. The summed E-state index contributed by atoms with van der Waals surface area (Å²) in [7, 11) is 1.38. The quantitative estimate of drug-likeness (QED) is 0.440. The third-order valence-corrected chi connectivity index (χ3v) is 7.75. The van der Waals surface area contributed by atoms with Gasteiger partial charge < -0.3 is 24.4 Å². The molecule has 0 atom stereocenters. The predicted molar refractivity (Wildman–Crippen MR) is 149 cm³/mol. The molecule has 1 N–H and O–H groups in total. The van der Waals surface area contributed by atoms with E-state index in [9.17, 15) is 13.6 Å². The fourth-order valence-electron chi connectivity index (χ4n) is 5.49. The number of halogens is 2. The Bertz CT molecular complexity index is 1450. The Morgan fingerprint density at radius 2 is 1.93 bits per heavy atom. The number of nitrogens with zero attached hydrogens (tertiary/aromatic N) is 5. The average molecular weight is 567 g/mol. The summed E-state index contributed by atoms with van der Waals surface area (Å²) < 4.78 is 45.2. The van der Waals surface area contributed by atoms with Gasteiger partial charge in [-0.2, -0.15) is 0 Å². The monoisotopic (exact) mass is 566 g/mol. The van der Waals surface area contributed by atoms with Crippen molar-refractivity contribution in [2.24, 2.45) is 0 Å². The maximum Gasteiger partial charge on any atom is 0.265 e. The summed E-state index contributed by atoms with van der Waals surface area (Å²) in [6, 6.07) is 8.10. The lowest BCUT2D eigenvalue weighted by molar-refractivity contribution is -0.121. The largest absolute Gasteiger partial charge is 0.496 e. The normalized spacial score (nSPS) is 18.0. The van der Waals surface area contributed by atoms with E-state index in [1.165, 1.54) is 25.3 Å². The molecule has 1 amide bonds. The highest BCUT2D eigenvalue weighted by molar-refractivity contribution is 5.99. The van der Waals surface area contributed by atoms with Gasteiger partial charge in [-0.15, -0.1) is 0 Å². The molecule has 4 heterocycles. The Kier molecular flexibility index (Phi) is 7.69. The lowest BCUT2D eigenvalue weighted by Gasteiger charge is -2.42. The minimum atomic E-state index is -0.671. The molecule has 3 aliphatic rings. The van der Waals surface area contributed by atoms with Crippen molar-refractivity contribution in [1.29, 1.82) is 0 Å². The van der Waals surface area contributed by atoms with Gasteiger partial charge in [-0.25, -0.2) is 18.7 Å². The van der Waals surface area contributed by atoms with E-state index in [1.807, 2.05) is 19.1 Å². The van der Waals surface area contributed by atoms with Crippen LogP contribution in [-0.4, -0.2) is 91.4 Å². The zero-order valence-electron chi connectivity index (χ0n) is 23.0. The van der Waals surface area contributed by atoms with Gasteiger partial charge >= 0.3 is 0 Å². The number of aromatic nitrogens is 2. The van der Waals surface area contributed by atoms with Gasteiger partial charge in [0.15, 0.2) is 12.4 Å². The molecule has 6 rings (SSSR count). The van der Waals surface area contributed by atoms with Crippen LogP contribution in [0.4, 0.5) is 26.1 Å². The van der Waals surface area contributed by atoms with Crippen molar-refractivity contribution in [3.63, 3.8) is 0 Å². The average Bonchev–Trinajstić information content (AvgIpc) is 2.94. The number of rotatable bonds is 8. The fraction of sp³-hybridized carbons (Fsp3) is 0.414. The van der Waals surface area contributed by atoms with E-state index in [0.29, 0.717) is 41.8 Å². The first-order valence-corrected chi connectivity index (χ1v) is 13.7. The molecule has 0 bridgehead atoms. The summed E-state index contributed by atoms with van der Waals surface area (Å²) in [4.78, 5) is 27.7. The molecular formula is C29H32F2N6O4. The van der Waals surface area contributed by atoms with Crippen LogP contribution < -0.4 is 19.7 Å². The smallest absolute Gasteiger partial charge is 0.265 e. The highest BCUT2D eigenvalue weighted by Crippen LogP contribution is 2.40. The van der Waals surface area contributed by atoms with Gasteiger partial charge in [0.05, 0.1) is 38.2 Å². The molecule has 12 heteroatoms. The SMILES string of the molecule is CCN1C(=O)COc2c(CN3CCN(C4COC4)CC3)cc(Nc3ncc(F)c(-c4ccc(F)cc4OC)n3)cc21. The van der Waals surface area contributed by atoms with E-state index in [-0.39, 0.29) is 29.9 Å². The topological polar surface area (TPSA) is 92.3 Å². The van der Waals surface area contributed by atoms with Crippen molar-refractivity contribution in [1.82, 2.24) is 19.8 Å². The first kappa shape index (κ1) is 27.3. The van der Waals surface area contributed by atoms with Crippen molar-refractivity contribution in [2.75, 3.05) is 69.9 Å². The third-order valence-electron chi connectivity index (χ3n) is 7.75. The van der Waals surface area contributed by atoms with Crippen LogP contribution in [0.5, 0.6) is 11.5 Å². The van der Waals surface area contributed by atoms with Crippen molar-refractivity contribution >= 4 is 23.2 Å². The third kappa shape index (κ3) is 5.54. The second-order valence-corrected chi connectivity index (χ2v) is 10.3. The van der Waals surface area contributed by atoms with E-state index in [2.05, 4.69) is 25.1 Å². The molecule has 216 valence electrons. The first-order valence-electron chi connectivity index (χ1n) is 13.7. The second-order valence-electron chi connectivity index (χ2n) is 10.3. The predicted octanol–water partition coefficient (Wildman–Crippen LogP) is 3.44. The van der Waals surface area contributed by atoms with Gasteiger partial charge in [-0.1, -0.05) is 0 Å². The van der Waals surface area contributed by atoms with Crippen molar-refractivity contribution in [3.05, 3.63) is 53.7 Å². The van der Waals surface area contributed by atoms with Gasteiger partial charge in [0.2, 0.25) is 5.95 Å². The van der Waals surface area contributed by atoms with Crippen molar-refractivity contribution in [3.8, 4) is 22.8 Å².